The maximum absolute atomic E-state index is 12.2. The molecule has 0 atom stereocenters. The molecule has 2 N–H and O–H groups in total. The quantitative estimate of drug-likeness (QED) is 0.900. The van der Waals surface area contributed by atoms with E-state index in [0.29, 0.717) is 18.7 Å². The molecular weight excluding hydrogens is 230 g/mol. The van der Waals surface area contributed by atoms with E-state index in [0.717, 1.165) is 18.4 Å². The summed E-state index contributed by atoms with van der Waals surface area (Å²) in [6, 6.07) is 8.26. The van der Waals surface area contributed by atoms with Crippen molar-refractivity contribution in [2.24, 2.45) is 11.1 Å². The standard InChI is InChI=1S/C14H15NOS/c15-9-14(5-6-14)13(16)7-10-8-17-12-4-2-1-3-11(10)12/h1-4,8H,5-7,9,15H2. The first kappa shape index (κ1) is 10.9. The summed E-state index contributed by atoms with van der Waals surface area (Å²) in [6.07, 6.45) is 2.50. The van der Waals surface area contributed by atoms with E-state index >= 15 is 0 Å². The first-order chi connectivity index (χ1) is 8.25. The largest absolute Gasteiger partial charge is 0.329 e. The number of hydrogen-bond acceptors (Lipinski definition) is 3. The van der Waals surface area contributed by atoms with Crippen LogP contribution in [0.5, 0.6) is 0 Å². The lowest BCUT2D eigenvalue weighted by molar-refractivity contribution is -0.123. The van der Waals surface area contributed by atoms with Gasteiger partial charge < -0.3 is 5.73 Å². The van der Waals surface area contributed by atoms with E-state index in [-0.39, 0.29) is 5.41 Å². The lowest BCUT2D eigenvalue weighted by atomic mass is 9.95. The Morgan fingerprint density at radius 1 is 1.35 bits per heavy atom. The molecule has 2 nitrogen and oxygen atoms in total. The number of carbonyl (C=O) groups excluding carboxylic acids is 1. The molecule has 0 radical (unpaired) electrons. The first-order valence-electron chi connectivity index (χ1n) is 5.94. The number of hydrogen-bond donors (Lipinski definition) is 1. The Labute approximate surface area is 104 Å². The second-order valence-electron chi connectivity index (χ2n) is 4.84. The highest BCUT2D eigenvalue weighted by atomic mass is 32.1. The summed E-state index contributed by atoms with van der Waals surface area (Å²) >= 11 is 1.71. The van der Waals surface area contributed by atoms with Gasteiger partial charge in [0, 0.05) is 23.1 Å². The molecule has 1 aliphatic rings. The molecule has 2 aromatic rings. The number of ketones is 1. The normalized spacial score (nSPS) is 17.2. The van der Waals surface area contributed by atoms with Gasteiger partial charge in [0.2, 0.25) is 0 Å². The van der Waals surface area contributed by atoms with E-state index < -0.39 is 0 Å². The average Bonchev–Trinajstić information content (AvgIpc) is 3.07. The second kappa shape index (κ2) is 3.93. The number of thiophene rings is 1. The second-order valence-corrected chi connectivity index (χ2v) is 5.75. The number of fused-ring (bicyclic) bond motifs is 1. The fourth-order valence-corrected chi connectivity index (χ4v) is 3.24. The molecule has 3 heteroatoms. The topological polar surface area (TPSA) is 43.1 Å². The Kier molecular flexibility index (Phi) is 2.53. The number of Topliss-reactive ketones (excluding diaryl/α,β-unsaturated/α-hetero) is 1. The van der Waals surface area contributed by atoms with Gasteiger partial charge in [0.1, 0.15) is 5.78 Å². The molecule has 3 rings (SSSR count). The number of benzene rings is 1. The Morgan fingerprint density at radius 2 is 2.12 bits per heavy atom. The Balaban J connectivity index is 1.88. The highest BCUT2D eigenvalue weighted by Gasteiger charge is 2.47. The molecule has 1 aliphatic carbocycles. The van der Waals surface area contributed by atoms with E-state index in [1.807, 2.05) is 12.1 Å². The zero-order valence-corrected chi connectivity index (χ0v) is 10.4. The Hall–Kier alpha value is -1.19. The molecule has 1 aromatic heterocycles. The van der Waals surface area contributed by atoms with Crippen molar-refractivity contribution in [2.45, 2.75) is 19.3 Å². The van der Waals surface area contributed by atoms with E-state index in [1.54, 1.807) is 11.3 Å². The highest BCUT2D eigenvalue weighted by molar-refractivity contribution is 7.17. The van der Waals surface area contributed by atoms with Crippen LogP contribution in [0.2, 0.25) is 0 Å². The minimum atomic E-state index is -0.178. The van der Waals surface area contributed by atoms with Gasteiger partial charge in [-0.25, -0.2) is 0 Å². The van der Waals surface area contributed by atoms with Crippen LogP contribution in [0.3, 0.4) is 0 Å². The van der Waals surface area contributed by atoms with Crippen LogP contribution in [-0.2, 0) is 11.2 Å². The van der Waals surface area contributed by atoms with Gasteiger partial charge in [-0.1, -0.05) is 18.2 Å². The van der Waals surface area contributed by atoms with Crippen molar-refractivity contribution in [2.75, 3.05) is 6.54 Å². The predicted molar refractivity (Wildman–Crippen MR) is 71.3 cm³/mol. The van der Waals surface area contributed by atoms with Crippen LogP contribution < -0.4 is 5.73 Å². The molecule has 1 heterocycles. The molecular formula is C14H15NOS. The van der Waals surface area contributed by atoms with E-state index in [9.17, 15) is 4.79 Å². The van der Waals surface area contributed by atoms with Gasteiger partial charge >= 0.3 is 0 Å². The first-order valence-corrected chi connectivity index (χ1v) is 6.82. The molecule has 0 amide bonds. The summed E-state index contributed by atoms with van der Waals surface area (Å²) < 4.78 is 1.26. The van der Waals surface area contributed by atoms with E-state index in [2.05, 4.69) is 17.5 Å². The van der Waals surface area contributed by atoms with Gasteiger partial charge in [0.15, 0.2) is 0 Å². The van der Waals surface area contributed by atoms with Crippen LogP contribution in [0.25, 0.3) is 10.1 Å². The Bertz CT molecular complexity index is 568. The molecule has 1 fully saturated rings. The van der Waals surface area contributed by atoms with E-state index in [1.165, 1.54) is 10.1 Å². The van der Waals surface area contributed by atoms with Crippen LogP contribution in [0.1, 0.15) is 18.4 Å². The summed E-state index contributed by atoms with van der Waals surface area (Å²) in [5.74, 6) is 0.323. The fraction of sp³-hybridized carbons (Fsp3) is 0.357. The molecule has 0 unspecified atom stereocenters. The van der Waals surface area contributed by atoms with Gasteiger partial charge in [0.25, 0.3) is 0 Å². The third-order valence-electron chi connectivity index (χ3n) is 3.75. The zero-order chi connectivity index (χ0) is 11.9. The fourth-order valence-electron chi connectivity index (χ4n) is 2.28. The van der Waals surface area contributed by atoms with Crippen LogP contribution >= 0.6 is 11.3 Å². The van der Waals surface area contributed by atoms with Gasteiger partial charge in [-0.15, -0.1) is 11.3 Å². The molecule has 0 saturated heterocycles. The lowest BCUT2D eigenvalue weighted by Gasteiger charge is -2.10. The molecule has 0 bridgehead atoms. The van der Waals surface area contributed by atoms with Crippen molar-refractivity contribution in [1.29, 1.82) is 0 Å². The van der Waals surface area contributed by atoms with Crippen LogP contribution in [0, 0.1) is 5.41 Å². The minimum absolute atomic E-state index is 0.178. The van der Waals surface area contributed by atoms with Gasteiger partial charge in [-0.05, 0) is 35.2 Å². The van der Waals surface area contributed by atoms with Crippen molar-refractivity contribution in [3.8, 4) is 0 Å². The highest BCUT2D eigenvalue weighted by Crippen LogP contribution is 2.46. The van der Waals surface area contributed by atoms with Crippen molar-refractivity contribution in [3.63, 3.8) is 0 Å². The number of carbonyl (C=O) groups is 1. The van der Waals surface area contributed by atoms with Crippen LogP contribution in [0.4, 0.5) is 0 Å². The lowest BCUT2D eigenvalue weighted by Crippen LogP contribution is -2.26. The maximum Gasteiger partial charge on any atom is 0.144 e. The van der Waals surface area contributed by atoms with Crippen LogP contribution in [-0.4, -0.2) is 12.3 Å². The molecule has 88 valence electrons. The van der Waals surface area contributed by atoms with Crippen molar-refractivity contribution in [3.05, 3.63) is 35.2 Å². The SMILES string of the molecule is NCC1(C(=O)Cc2csc3ccccc23)CC1. The summed E-state index contributed by atoms with van der Waals surface area (Å²) in [7, 11) is 0. The molecule has 0 aliphatic heterocycles. The van der Waals surface area contributed by atoms with Crippen molar-refractivity contribution in [1.82, 2.24) is 0 Å². The monoisotopic (exact) mass is 245 g/mol. The third kappa shape index (κ3) is 1.79. The minimum Gasteiger partial charge on any atom is -0.329 e. The van der Waals surface area contributed by atoms with Gasteiger partial charge in [-0.3, -0.25) is 4.79 Å². The van der Waals surface area contributed by atoms with Crippen LogP contribution in [0.15, 0.2) is 29.6 Å². The average molecular weight is 245 g/mol. The summed E-state index contributed by atoms with van der Waals surface area (Å²) in [5, 5.41) is 3.33. The summed E-state index contributed by atoms with van der Waals surface area (Å²) in [6.45, 7) is 0.508. The third-order valence-corrected chi connectivity index (χ3v) is 4.76. The Morgan fingerprint density at radius 3 is 2.82 bits per heavy atom. The summed E-state index contributed by atoms with van der Waals surface area (Å²) in [5.41, 5.74) is 6.68. The smallest absolute Gasteiger partial charge is 0.144 e. The number of rotatable bonds is 4. The molecule has 1 saturated carbocycles. The maximum atomic E-state index is 12.2. The predicted octanol–water partition coefficient (Wildman–Crippen LogP) is 2.75. The molecule has 0 spiro atoms. The van der Waals surface area contributed by atoms with Gasteiger partial charge in [-0.2, -0.15) is 0 Å². The van der Waals surface area contributed by atoms with Crippen molar-refractivity contribution < 1.29 is 4.79 Å². The summed E-state index contributed by atoms with van der Waals surface area (Å²) in [4.78, 5) is 12.2. The zero-order valence-electron chi connectivity index (χ0n) is 9.61. The number of nitrogens with two attached hydrogens (primary N) is 1. The molecule has 17 heavy (non-hydrogen) atoms. The van der Waals surface area contributed by atoms with E-state index in [4.69, 9.17) is 5.73 Å². The molecule has 1 aromatic carbocycles. The van der Waals surface area contributed by atoms with Gasteiger partial charge in [0.05, 0.1) is 0 Å². The van der Waals surface area contributed by atoms with Crippen molar-refractivity contribution >= 4 is 27.2 Å².